The second-order valence-electron chi connectivity index (χ2n) is 5.77. The maximum atomic E-state index is 13.0. The third kappa shape index (κ3) is 3.27. The van der Waals surface area contributed by atoms with Gasteiger partial charge in [-0.2, -0.15) is 0 Å². The molecule has 0 amide bonds. The smallest absolute Gasteiger partial charge is 0.219 e. The Labute approximate surface area is 169 Å². The van der Waals surface area contributed by atoms with Gasteiger partial charge in [-0.1, -0.05) is 36.4 Å². The van der Waals surface area contributed by atoms with Crippen molar-refractivity contribution in [2.24, 2.45) is 0 Å². The van der Waals surface area contributed by atoms with Crippen LogP contribution >= 0.6 is 31.9 Å². The Morgan fingerprint density at radius 3 is 1.23 bits per heavy atom. The molecule has 0 spiro atoms. The van der Waals surface area contributed by atoms with Gasteiger partial charge in [0.15, 0.2) is 0 Å². The highest BCUT2D eigenvalue weighted by molar-refractivity contribution is 9.12. The SMILES string of the molecule is CN(C1=C(Br)C(=O)C(N(C)c2ccccc2)=C(Br)C1=O)c1ccccc1. The molecule has 2 aromatic carbocycles. The third-order valence-corrected chi connectivity index (χ3v) is 5.67. The lowest BCUT2D eigenvalue weighted by molar-refractivity contribution is -0.115. The Balaban J connectivity index is 2.03. The first-order valence-corrected chi connectivity index (χ1v) is 9.48. The lowest BCUT2D eigenvalue weighted by Crippen LogP contribution is -2.35. The molecule has 6 heteroatoms. The number of carbonyl (C=O) groups excluding carboxylic acids is 2. The van der Waals surface area contributed by atoms with Gasteiger partial charge in [0, 0.05) is 25.5 Å². The Morgan fingerprint density at radius 1 is 0.615 bits per heavy atom. The van der Waals surface area contributed by atoms with Gasteiger partial charge < -0.3 is 9.80 Å². The maximum absolute atomic E-state index is 13.0. The van der Waals surface area contributed by atoms with Crippen LogP contribution in [0.15, 0.2) is 81.0 Å². The van der Waals surface area contributed by atoms with Crippen LogP contribution in [0, 0.1) is 0 Å². The Bertz CT molecular complexity index is 844. The fraction of sp³-hybridized carbons (Fsp3) is 0.100. The van der Waals surface area contributed by atoms with Gasteiger partial charge in [0.05, 0.1) is 8.96 Å². The number of rotatable bonds is 4. The summed E-state index contributed by atoms with van der Waals surface area (Å²) < 4.78 is 0.490. The quantitative estimate of drug-likeness (QED) is 0.605. The zero-order valence-corrected chi connectivity index (χ0v) is 17.4. The molecule has 0 bridgehead atoms. The predicted molar refractivity (Wildman–Crippen MR) is 112 cm³/mol. The molecule has 0 aromatic heterocycles. The first kappa shape index (κ1) is 18.6. The molecule has 0 radical (unpaired) electrons. The highest BCUT2D eigenvalue weighted by Crippen LogP contribution is 2.36. The van der Waals surface area contributed by atoms with Crippen LogP contribution in [-0.2, 0) is 9.59 Å². The molecule has 132 valence electrons. The molecule has 0 fully saturated rings. The van der Waals surface area contributed by atoms with Gasteiger partial charge in [0.25, 0.3) is 0 Å². The largest absolute Gasteiger partial charge is 0.340 e. The topological polar surface area (TPSA) is 40.6 Å². The van der Waals surface area contributed by atoms with Crippen LogP contribution < -0.4 is 9.80 Å². The monoisotopic (exact) mass is 474 g/mol. The number of anilines is 2. The standard InChI is InChI=1S/C20H16Br2N2O2/c1-23(13-9-5-3-6-10-13)17-15(21)20(26)18(16(22)19(17)25)24(2)14-11-7-4-8-12-14/h3-12H,1-2H3. The van der Waals surface area contributed by atoms with E-state index in [4.69, 9.17) is 0 Å². The van der Waals surface area contributed by atoms with Crippen LogP contribution in [0.5, 0.6) is 0 Å². The molecule has 0 heterocycles. The Kier molecular flexibility index (Phi) is 5.44. The Morgan fingerprint density at radius 2 is 0.923 bits per heavy atom. The van der Waals surface area contributed by atoms with E-state index < -0.39 is 0 Å². The zero-order chi connectivity index (χ0) is 18.8. The van der Waals surface area contributed by atoms with E-state index in [-0.39, 0.29) is 20.5 Å². The van der Waals surface area contributed by atoms with E-state index in [1.165, 1.54) is 0 Å². The van der Waals surface area contributed by atoms with Crippen LogP contribution in [-0.4, -0.2) is 25.7 Å². The summed E-state index contributed by atoms with van der Waals surface area (Å²) in [5.41, 5.74) is 2.25. The summed E-state index contributed by atoms with van der Waals surface area (Å²) in [4.78, 5) is 29.5. The van der Waals surface area contributed by atoms with Crippen molar-refractivity contribution in [2.45, 2.75) is 0 Å². The van der Waals surface area contributed by atoms with Crippen LogP contribution in [0.4, 0.5) is 11.4 Å². The van der Waals surface area contributed by atoms with Crippen molar-refractivity contribution in [3.05, 3.63) is 81.0 Å². The van der Waals surface area contributed by atoms with E-state index in [2.05, 4.69) is 31.9 Å². The van der Waals surface area contributed by atoms with Gasteiger partial charge in [-0.25, -0.2) is 0 Å². The lowest BCUT2D eigenvalue weighted by Gasteiger charge is -2.30. The zero-order valence-electron chi connectivity index (χ0n) is 14.2. The molecule has 4 nitrogen and oxygen atoms in total. The number of hydrogen-bond acceptors (Lipinski definition) is 4. The third-order valence-electron chi connectivity index (χ3n) is 4.20. The maximum Gasteiger partial charge on any atom is 0.219 e. The van der Waals surface area contributed by atoms with E-state index >= 15 is 0 Å². The summed E-state index contributed by atoms with van der Waals surface area (Å²) in [5, 5.41) is 0. The van der Waals surface area contributed by atoms with Crippen molar-refractivity contribution in [1.82, 2.24) is 0 Å². The van der Waals surface area contributed by atoms with Crippen molar-refractivity contribution >= 4 is 54.8 Å². The number of carbonyl (C=O) groups is 2. The molecule has 0 aliphatic heterocycles. The van der Waals surface area contributed by atoms with Crippen LogP contribution in [0.2, 0.25) is 0 Å². The highest BCUT2D eigenvalue weighted by Gasteiger charge is 2.36. The molecule has 3 rings (SSSR count). The minimum atomic E-state index is -0.249. The average molecular weight is 476 g/mol. The molecule has 0 atom stereocenters. The van der Waals surface area contributed by atoms with Crippen molar-refractivity contribution in [2.75, 3.05) is 23.9 Å². The molecule has 1 aliphatic rings. The van der Waals surface area contributed by atoms with E-state index in [0.29, 0.717) is 11.4 Å². The number of allylic oxidation sites excluding steroid dienone is 2. The Hall–Kier alpha value is -2.18. The van der Waals surface area contributed by atoms with Gasteiger partial charge in [-0.15, -0.1) is 0 Å². The molecular weight excluding hydrogens is 460 g/mol. The van der Waals surface area contributed by atoms with Gasteiger partial charge in [0.1, 0.15) is 11.4 Å². The number of para-hydroxylation sites is 2. The average Bonchev–Trinajstić information content (AvgIpc) is 2.68. The number of ketones is 2. The number of likely N-dealkylation sites (N-methyl/N-ethyl adjacent to an activating group) is 2. The first-order chi connectivity index (χ1) is 12.4. The molecule has 0 saturated carbocycles. The van der Waals surface area contributed by atoms with Crippen molar-refractivity contribution < 1.29 is 9.59 Å². The van der Waals surface area contributed by atoms with E-state index in [1.807, 2.05) is 60.7 Å². The van der Waals surface area contributed by atoms with Crippen molar-refractivity contribution in [1.29, 1.82) is 0 Å². The number of nitrogens with zero attached hydrogens (tertiary/aromatic N) is 2. The van der Waals surface area contributed by atoms with Crippen LogP contribution in [0.25, 0.3) is 0 Å². The summed E-state index contributed by atoms with van der Waals surface area (Å²) in [6.07, 6.45) is 0. The van der Waals surface area contributed by atoms with Crippen LogP contribution in [0.1, 0.15) is 0 Å². The summed E-state index contributed by atoms with van der Waals surface area (Å²) in [6.45, 7) is 0. The first-order valence-electron chi connectivity index (χ1n) is 7.90. The lowest BCUT2D eigenvalue weighted by atomic mass is 10.0. The molecule has 0 unspecified atom stereocenters. The number of benzene rings is 2. The van der Waals surface area contributed by atoms with Gasteiger partial charge in [-0.05, 0) is 56.1 Å². The van der Waals surface area contributed by atoms with E-state index in [1.54, 1.807) is 23.9 Å². The molecular formula is C20H16Br2N2O2. The van der Waals surface area contributed by atoms with Gasteiger partial charge in [-0.3, -0.25) is 9.59 Å². The van der Waals surface area contributed by atoms with E-state index in [9.17, 15) is 9.59 Å². The van der Waals surface area contributed by atoms with Crippen molar-refractivity contribution in [3.63, 3.8) is 0 Å². The molecule has 2 aromatic rings. The normalized spacial score (nSPS) is 14.8. The molecule has 0 N–H and O–H groups in total. The van der Waals surface area contributed by atoms with Crippen LogP contribution in [0.3, 0.4) is 0 Å². The predicted octanol–water partition coefficient (Wildman–Crippen LogP) is 4.62. The number of hydrogen-bond donors (Lipinski definition) is 0. The minimum absolute atomic E-state index is 0.245. The minimum Gasteiger partial charge on any atom is -0.340 e. The highest BCUT2D eigenvalue weighted by atomic mass is 79.9. The van der Waals surface area contributed by atoms with Gasteiger partial charge >= 0.3 is 0 Å². The van der Waals surface area contributed by atoms with E-state index in [0.717, 1.165) is 11.4 Å². The second kappa shape index (κ2) is 7.60. The number of Topliss-reactive ketones (excluding diaryl/α,β-unsaturated/α-hetero) is 2. The second-order valence-corrected chi connectivity index (χ2v) is 7.36. The molecule has 1 aliphatic carbocycles. The fourth-order valence-corrected chi connectivity index (χ4v) is 4.05. The fourth-order valence-electron chi connectivity index (χ4n) is 2.78. The molecule has 0 saturated heterocycles. The summed E-state index contributed by atoms with van der Waals surface area (Å²) >= 11 is 6.71. The summed E-state index contributed by atoms with van der Waals surface area (Å²) in [7, 11) is 3.53. The molecule has 26 heavy (non-hydrogen) atoms. The van der Waals surface area contributed by atoms with Gasteiger partial charge in [0.2, 0.25) is 11.6 Å². The number of halogens is 2. The van der Waals surface area contributed by atoms with Crippen molar-refractivity contribution in [3.8, 4) is 0 Å². The summed E-state index contributed by atoms with van der Waals surface area (Å²) in [5.74, 6) is -0.499. The summed E-state index contributed by atoms with van der Waals surface area (Å²) in [6, 6.07) is 18.9.